The molecule has 0 fully saturated rings. The van der Waals surface area contributed by atoms with Gasteiger partial charge < -0.3 is 14.2 Å². The normalized spacial score (nSPS) is 13.7. The Morgan fingerprint density at radius 1 is 1.28 bits per heavy atom. The van der Waals surface area contributed by atoms with Crippen molar-refractivity contribution in [1.29, 1.82) is 0 Å². The van der Waals surface area contributed by atoms with Crippen molar-refractivity contribution < 1.29 is 19.0 Å². The second-order valence-corrected chi connectivity index (χ2v) is 8.49. The number of carbonyl (C=O) groups excluding carboxylic acids is 1. The van der Waals surface area contributed by atoms with Crippen molar-refractivity contribution in [2.45, 2.75) is 42.0 Å². The molecule has 7 nitrogen and oxygen atoms in total. The van der Waals surface area contributed by atoms with Crippen molar-refractivity contribution >= 4 is 29.5 Å². The van der Waals surface area contributed by atoms with Gasteiger partial charge in [0.25, 0.3) is 5.56 Å². The molecule has 0 bridgehead atoms. The lowest BCUT2D eigenvalue weighted by atomic mass is 10.2. The van der Waals surface area contributed by atoms with Gasteiger partial charge in [-0.15, -0.1) is 11.8 Å². The first-order valence-corrected chi connectivity index (χ1v) is 11.2. The van der Waals surface area contributed by atoms with E-state index in [1.54, 1.807) is 43.9 Å². The largest absolute Gasteiger partial charge is 0.493 e. The highest BCUT2D eigenvalue weighted by molar-refractivity contribution is 8.00. The minimum absolute atomic E-state index is 0.133. The molecular formula is C20H24N2O5S2. The van der Waals surface area contributed by atoms with Crippen LogP contribution in [0.2, 0.25) is 0 Å². The van der Waals surface area contributed by atoms with Gasteiger partial charge in [0.05, 0.1) is 37.1 Å². The minimum Gasteiger partial charge on any atom is -0.493 e. The highest BCUT2D eigenvalue weighted by Gasteiger charge is 2.27. The third-order valence-electron chi connectivity index (χ3n) is 4.46. The van der Waals surface area contributed by atoms with Gasteiger partial charge in [0, 0.05) is 18.2 Å². The Bertz CT molecular complexity index is 961. The van der Waals surface area contributed by atoms with E-state index < -0.39 is 5.25 Å². The monoisotopic (exact) mass is 436 g/mol. The minimum atomic E-state index is -0.444. The molecule has 0 saturated carbocycles. The first-order chi connectivity index (χ1) is 14.0. The molecule has 1 aliphatic heterocycles. The van der Waals surface area contributed by atoms with Crippen molar-refractivity contribution in [3.8, 4) is 17.2 Å². The number of nitrogens with zero attached hydrogens (tertiary/aromatic N) is 2. The molecule has 3 rings (SSSR count). The average Bonchev–Trinajstić information content (AvgIpc) is 3.20. The average molecular weight is 437 g/mol. The molecule has 1 aromatic carbocycles. The maximum Gasteiger partial charge on any atom is 0.319 e. The number of hydrogen-bond donors (Lipinski definition) is 0. The third kappa shape index (κ3) is 4.40. The van der Waals surface area contributed by atoms with Gasteiger partial charge in [0.2, 0.25) is 0 Å². The van der Waals surface area contributed by atoms with Crippen LogP contribution < -0.4 is 15.0 Å². The van der Waals surface area contributed by atoms with Crippen LogP contribution in [-0.4, -0.2) is 47.3 Å². The zero-order valence-electron chi connectivity index (χ0n) is 16.9. The number of esters is 1. The van der Waals surface area contributed by atoms with E-state index in [4.69, 9.17) is 19.2 Å². The molecule has 29 heavy (non-hydrogen) atoms. The number of thioether (sulfide) groups is 2. The zero-order chi connectivity index (χ0) is 21.0. The summed E-state index contributed by atoms with van der Waals surface area (Å²) < 4.78 is 17.4. The van der Waals surface area contributed by atoms with Crippen LogP contribution in [0.1, 0.15) is 26.0 Å². The summed E-state index contributed by atoms with van der Waals surface area (Å²) in [6.45, 7) is 4.00. The Labute approximate surface area is 178 Å². The van der Waals surface area contributed by atoms with Crippen molar-refractivity contribution in [3.63, 3.8) is 0 Å². The number of carbonyl (C=O) groups is 1. The lowest BCUT2D eigenvalue weighted by Gasteiger charge is -2.18. The second kappa shape index (κ2) is 9.58. The van der Waals surface area contributed by atoms with Crippen molar-refractivity contribution in [2.24, 2.45) is 0 Å². The van der Waals surface area contributed by atoms with Gasteiger partial charge in [-0.2, -0.15) is 0 Å². The number of fused-ring (bicyclic) bond motifs is 1. The Kier molecular flexibility index (Phi) is 7.13. The van der Waals surface area contributed by atoms with E-state index in [-0.39, 0.29) is 11.5 Å². The molecule has 0 saturated heterocycles. The lowest BCUT2D eigenvalue weighted by molar-refractivity contribution is -0.142. The molecule has 1 atom stereocenters. The van der Waals surface area contributed by atoms with Crippen molar-refractivity contribution in [2.75, 3.05) is 26.6 Å². The maximum atomic E-state index is 13.3. The first-order valence-electron chi connectivity index (χ1n) is 9.38. The van der Waals surface area contributed by atoms with Crippen LogP contribution in [-0.2, 0) is 16.0 Å². The lowest BCUT2D eigenvalue weighted by Crippen LogP contribution is -2.26. The highest BCUT2D eigenvalue weighted by atomic mass is 32.2. The number of hydrogen-bond acceptors (Lipinski definition) is 8. The molecule has 9 heteroatoms. The summed E-state index contributed by atoms with van der Waals surface area (Å²) >= 11 is 2.77. The van der Waals surface area contributed by atoms with E-state index in [0.717, 1.165) is 17.9 Å². The fraction of sp³-hybridized carbons (Fsp3) is 0.450. The Morgan fingerprint density at radius 2 is 2.03 bits per heavy atom. The molecule has 156 valence electrons. The number of rotatable bonds is 8. The van der Waals surface area contributed by atoms with Gasteiger partial charge >= 0.3 is 5.97 Å². The summed E-state index contributed by atoms with van der Waals surface area (Å²) in [5, 5.41) is 0.0312. The summed E-state index contributed by atoms with van der Waals surface area (Å²) in [5.41, 5.74) is 1.26. The summed E-state index contributed by atoms with van der Waals surface area (Å²) in [6.07, 6.45) is 1.31. The van der Waals surface area contributed by atoms with Gasteiger partial charge in [-0.05, 0) is 25.5 Å². The molecule has 2 aromatic rings. The van der Waals surface area contributed by atoms with Crippen LogP contribution >= 0.6 is 23.5 Å². The van der Waals surface area contributed by atoms with Crippen LogP contribution in [0.15, 0.2) is 33.0 Å². The number of ether oxygens (including phenoxy) is 3. The zero-order valence-corrected chi connectivity index (χ0v) is 18.5. The molecule has 0 amide bonds. The van der Waals surface area contributed by atoms with E-state index in [2.05, 4.69) is 0 Å². The first kappa shape index (κ1) is 21.6. The summed E-state index contributed by atoms with van der Waals surface area (Å²) in [6, 6.07) is 5.27. The fourth-order valence-corrected chi connectivity index (χ4v) is 5.09. The van der Waals surface area contributed by atoms with Crippen molar-refractivity contribution in [1.82, 2.24) is 9.55 Å². The van der Waals surface area contributed by atoms with Gasteiger partial charge in [-0.3, -0.25) is 14.2 Å². The molecule has 1 aromatic heterocycles. The topological polar surface area (TPSA) is 79.7 Å². The SMILES string of the molecule is CCOC(=O)C(CC)Sc1nc2c(c(=O)n1-c1ccc(OC)c(OC)c1)SCC2. The quantitative estimate of drug-likeness (QED) is 0.354. The number of benzene rings is 1. The van der Waals surface area contributed by atoms with Gasteiger partial charge in [0.15, 0.2) is 16.7 Å². The molecule has 1 unspecified atom stereocenters. The number of aromatic nitrogens is 2. The standard InChI is InChI=1S/C20H24N2O5S2/c1-5-16(19(24)27-6-2)29-20-21-13-9-10-28-17(13)18(23)22(20)12-7-8-14(25-3)15(11-12)26-4/h7-8,11,16H,5-6,9-10H2,1-4H3. The molecule has 2 heterocycles. The van der Waals surface area contributed by atoms with Crippen LogP contribution in [0.25, 0.3) is 5.69 Å². The molecule has 0 spiro atoms. The molecular weight excluding hydrogens is 412 g/mol. The number of methoxy groups -OCH3 is 2. The van der Waals surface area contributed by atoms with Crippen LogP contribution in [0.5, 0.6) is 11.5 Å². The predicted molar refractivity (Wildman–Crippen MR) is 114 cm³/mol. The summed E-state index contributed by atoms with van der Waals surface area (Å²) in [7, 11) is 3.11. The molecule has 0 aliphatic carbocycles. The van der Waals surface area contributed by atoms with Crippen LogP contribution in [0, 0.1) is 0 Å². The predicted octanol–water partition coefficient (Wildman–Crippen LogP) is 3.33. The van der Waals surface area contributed by atoms with Crippen LogP contribution in [0.3, 0.4) is 0 Å². The second-order valence-electron chi connectivity index (χ2n) is 6.22. The number of aryl methyl sites for hydroxylation is 1. The van der Waals surface area contributed by atoms with Gasteiger partial charge in [-0.1, -0.05) is 18.7 Å². The molecule has 0 radical (unpaired) electrons. The highest BCUT2D eigenvalue weighted by Crippen LogP contribution is 2.34. The smallest absolute Gasteiger partial charge is 0.319 e. The van der Waals surface area contributed by atoms with Crippen LogP contribution in [0.4, 0.5) is 0 Å². The molecule has 0 N–H and O–H groups in total. The van der Waals surface area contributed by atoms with Gasteiger partial charge in [0.1, 0.15) is 5.25 Å². The maximum absolute atomic E-state index is 13.3. The Morgan fingerprint density at radius 3 is 2.69 bits per heavy atom. The Balaban J connectivity index is 2.13. The van der Waals surface area contributed by atoms with Crippen molar-refractivity contribution in [3.05, 3.63) is 34.2 Å². The van der Waals surface area contributed by atoms with Gasteiger partial charge in [-0.25, -0.2) is 4.98 Å². The summed E-state index contributed by atoms with van der Waals surface area (Å²) in [4.78, 5) is 31.0. The van der Waals surface area contributed by atoms with E-state index >= 15 is 0 Å². The van der Waals surface area contributed by atoms with E-state index in [9.17, 15) is 9.59 Å². The Hall–Kier alpha value is -2.13. The van der Waals surface area contributed by atoms with E-state index in [1.807, 2.05) is 6.92 Å². The summed E-state index contributed by atoms with van der Waals surface area (Å²) in [5.74, 6) is 1.61. The molecule has 1 aliphatic rings. The van der Waals surface area contributed by atoms with E-state index in [1.165, 1.54) is 23.5 Å². The fourth-order valence-electron chi connectivity index (χ4n) is 3.02. The third-order valence-corrected chi connectivity index (χ3v) is 6.86. The van der Waals surface area contributed by atoms with E-state index in [0.29, 0.717) is 40.3 Å².